The Morgan fingerprint density at radius 3 is 2.44 bits per heavy atom. The number of para-hydroxylation sites is 1. The van der Waals surface area contributed by atoms with Crippen molar-refractivity contribution in [1.29, 1.82) is 0 Å². The van der Waals surface area contributed by atoms with Crippen molar-refractivity contribution in [2.45, 2.75) is 65.1 Å². The summed E-state index contributed by atoms with van der Waals surface area (Å²) in [4.78, 5) is 0. The maximum Gasteiger partial charge on any atom is 0.194 e. The molecule has 0 saturated heterocycles. The van der Waals surface area contributed by atoms with Gasteiger partial charge in [0.15, 0.2) is 6.29 Å². The van der Waals surface area contributed by atoms with Crippen molar-refractivity contribution >= 4 is 0 Å². The molecule has 1 aromatic carbocycles. The van der Waals surface area contributed by atoms with Gasteiger partial charge in [-0.05, 0) is 31.4 Å². The molecule has 0 amide bonds. The van der Waals surface area contributed by atoms with Crippen LogP contribution in [0.4, 0.5) is 0 Å². The molecule has 2 heteroatoms. The first-order chi connectivity index (χ1) is 8.74. The average molecular weight is 250 g/mol. The van der Waals surface area contributed by atoms with Gasteiger partial charge < -0.3 is 9.84 Å². The van der Waals surface area contributed by atoms with Gasteiger partial charge in [0.25, 0.3) is 0 Å². The van der Waals surface area contributed by atoms with Crippen molar-refractivity contribution in [3.05, 3.63) is 29.8 Å². The number of aryl methyl sites for hydroxylation is 1. The summed E-state index contributed by atoms with van der Waals surface area (Å²) in [7, 11) is 0. The lowest BCUT2D eigenvalue weighted by molar-refractivity contribution is -0.00101. The maximum atomic E-state index is 9.28. The largest absolute Gasteiger partial charge is 0.465 e. The summed E-state index contributed by atoms with van der Waals surface area (Å²) in [6.45, 7) is 3.88. The topological polar surface area (TPSA) is 29.5 Å². The number of rotatable bonds is 9. The first kappa shape index (κ1) is 15.0. The molecule has 0 aliphatic heterocycles. The average Bonchev–Trinajstić information content (AvgIpc) is 2.35. The Morgan fingerprint density at radius 1 is 1.06 bits per heavy atom. The van der Waals surface area contributed by atoms with E-state index in [0.29, 0.717) is 0 Å². The van der Waals surface area contributed by atoms with Gasteiger partial charge in [-0.15, -0.1) is 0 Å². The van der Waals surface area contributed by atoms with Crippen molar-refractivity contribution in [1.82, 2.24) is 0 Å². The fraction of sp³-hybridized carbons (Fsp3) is 0.625. The van der Waals surface area contributed by atoms with E-state index in [1.165, 1.54) is 44.1 Å². The Labute approximate surface area is 111 Å². The molecular formula is C16H26O2. The van der Waals surface area contributed by atoms with Gasteiger partial charge in [-0.2, -0.15) is 0 Å². The van der Waals surface area contributed by atoms with Crippen molar-refractivity contribution in [2.75, 3.05) is 0 Å². The third kappa shape index (κ3) is 6.06. The molecule has 0 aliphatic carbocycles. The summed E-state index contributed by atoms with van der Waals surface area (Å²) < 4.78 is 5.40. The molecule has 1 N–H and O–H groups in total. The standard InChI is InChI=1S/C16H26O2/c1-3-4-5-6-7-8-11-15-12-9-10-13-16(15)18-14(2)17/h9-10,12-14,17H,3-8,11H2,1-2H3. The van der Waals surface area contributed by atoms with Gasteiger partial charge in [-0.3, -0.25) is 0 Å². The number of aliphatic hydroxyl groups is 1. The normalized spacial score (nSPS) is 12.4. The Balaban J connectivity index is 2.32. The minimum Gasteiger partial charge on any atom is -0.465 e. The first-order valence-electron chi connectivity index (χ1n) is 7.16. The lowest BCUT2D eigenvalue weighted by Gasteiger charge is -2.13. The Bertz CT molecular complexity index is 321. The van der Waals surface area contributed by atoms with Crippen LogP contribution in [0.25, 0.3) is 0 Å². The fourth-order valence-electron chi connectivity index (χ4n) is 2.10. The van der Waals surface area contributed by atoms with Crippen LogP contribution in [0.2, 0.25) is 0 Å². The number of benzene rings is 1. The van der Waals surface area contributed by atoms with Gasteiger partial charge >= 0.3 is 0 Å². The van der Waals surface area contributed by atoms with E-state index in [9.17, 15) is 5.11 Å². The number of ether oxygens (including phenoxy) is 1. The van der Waals surface area contributed by atoms with Crippen molar-refractivity contribution in [3.8, 4) is 5.75 Å². The van der Waals surface area contributed by atoms with Crippen LogP contribution in [0, 0.1) is 0 Å². The van der Waals surface area contributed by atoms with Crippen molar-refractivity contribution in [3.63, 3.8) is 0 Å². The molecule has 102 valence electrons. The molecule has 0 aromatic heterocycles. The van der Waals surface area contributed by atoms with Crippen LogP contribution in [0.5, 0.6) is 5.75 Å². The van der Waals surface area contributed by atoms with Crippen LogP contribution in [0.1, 0.15) is 57.9 Å². The summed E-state index contributed by atoms with van der Waals surface area (Å²) in [6, 6.07) is 7.99. The van der Waals surface area contributed by atoms with Gasteiger partial charge in [-0.1, -0.05) is 57.2 Å². The summed E-state index contributed by atoms with van der Waals surface area (Å²) in [6.07, 6.45) is 8.10. The molecule has 1 atom stereocenters. The van der Waals surface area contributed by atoms with Crippen LogP contribution < -0.4 is 4.74 Å². The number of unbranched alkanes of at least 4 members (excludes halogenated alkanes) is 5. The van der Waals surface area contributed by atoms with Crippen LogP contribution in [-0.4, -0.2) is 11.4 Å². The van der Waals surface area contributed by atoms with E-state index in [1.807, 2.05) is 18.2 Å². The second kappa shape index (κ2) is 8.98. The molecule has 1 rings (SSSR count). The van der Waals surface area contributed by atoms with Crippen LogP contribution in [0.15, 0.2) is 24.3 Å². The van der Waals surface area contributed by atoms with E-state index in [2.05, 4.69) is 13.0 Å². The van der Waals surface area contributed by atoms with Gasteiger partial charge in [0.2, 0.25) is 0 Å². The molecule has 18 heavy (non-hydrogen) atoms. The van der Waals surface area contributed by atoms with E-state index >= 15 is 0 Å². The minimum absolute atomic E-state index is 0.740. The van der Waals surface area contributed by atoms with Gasteiger partial charge in [-0.25, -0.2) is 0 Å². The summed E-state index contributed by atoms with van der Waals surface area (Å²) in [5.74, 6) is 0.820. The molecule has 0 saturated carbocycles. The predicted molar refractivity (Wildman–Crippen MR) is 75.8 cm³/mol. The van der Waals surface area contributed by atoms with E-state index in [1.54, 1.807) is 6.92 Å². The second-order valence-corrected chi connectivity index (χ2v) is 4.84. The number of hydrogen-bond acceptors (Lipinski definition) is 2. The monoisotopic (exact) mass is 250 g/mol. The lowest BCUT2D eigenvalue weighted by atomic mass is 10.0. The van der Waals surface area contributed by atoms with Gasteiger partial charge in [0, 0.05) is 0 Å². The van der Waals surface area contributed by atoms with Crippen molar-refractivity contribution < 1.29 is 9.84 Å². The third-order valence-corrected chi connectivity index (χ3v) is 3.07. The maximum absolute atomic E-state index is 9.28. The minimum atomic E-state index is -0.740. The second-order valence-electron chi connectivity index (χ2n) is 4.84. The Kier molecular flexibility index (Phi) is 7.51. The number of aliphatic hydroxyl groups excluding tert-OH is 1. The fourth-order valence-corrected chi connectivity index (χ4v) is 2.10. The highest BCUT2D eigenvalue weighted by Crippen LogP contribution is 2.21. The molecule has 0 aliphatic rings. The highest BCUT2D eigenvalue weighted by Gasteiger charge is 2.05. The molecule has 0 spiro atoms. The summed E-state index contributed by atoms with van der Waals surface area (Å²) in [5, 5.41) is 9.28. The summed E-state index contributed by atoms with van der Waals surface area (Å²) in [5.41, 5.74) is 1.20. The molecule has 2 nitrogen and oxygen atoms in total. The SMILES string of the molecule is CCCCCCCCc1ccccc1OC(C)O. The lowest BCUT2D eigenvalue weighted by Crippen LogP contribution is -2.10. The van der Waals surface area contributed by atoms with Gasteiger partial charge in [0.1, 0.15) is 5.75 Å². The van der Waals surface area contributed by atoms with E-state index < -0.39 is 6.29 Å². The van der Waals surface area contributed by atoms with Crippen molar-refractivity contribution in [2.24, 2.45) is 0 Å². The molecule has 1 unspecified atom stereocenters. The predicted octanol–water partition coefficient (Wildman–Crippen LogP) is 4.31. The quantitative estimate of drug-likeness (QED) is 0.523. The zero-order valence-corrected chi connectivity index (χ0v) is 11.7. The van der Waals surface area contributed by atoms with E-state index in [4.69, 9.17) is 4.74 Å². The highest BCUT2D eigenvalue weighted by molar-refractivity contribution is 5.33. The Hall–Kier alpha value is -1.02. The summed E-state index contributed by atoms with van der Waals surface area (Å²) >= 11 is 0. The van der Waals surface area contributed by atoms with Crippen LogP contribution in [0.3, 0.4) is 0 Å². The van der Waals surface area contributed by atoms with Crippen LogP contribution in [-0.2, 0) is 6.42 Å². The zero-order valence-electron chi connectivity index (χ0n) is 11.7. The first-order valence-corrected chi connectivity index (χ1v) is 7.16. The molecule has 0 radical (unpaired) electrons. The van der Waals surface area contributed by atoms with E-state index in [-0.39, 0.29) is 0 Å². The molecular weight excluding hydrogens is 224 g/mol. The zero-order chi connectivity index (χ0) is 13.2. The molecule has 0 bridgehead atoms. The number of hydrogen-bond donors (Lipinski definition) is 1. The van der Waals surface area contributed by atoms with Gasteiger partial charge in [0.05, 0.1) is 0 Å². The smallest absolute Gasteiger partial charge is 0.194 e. The Morgan fingerprint density at radius 2 is 1.72 bits per heavy atom. The molecule has 0 fully saturated rings. The highest BCUT2D eigenvalue weighted by atomic mass is 16.6. The van der Waals surface area contributed by atoms with E-state index in [0.717, 1.165) is 12.2 Å². The third-order valence-electron chi connectivity index (χ3n) is 3.07. The van der Waals surface area contributed by atoms with Crippen LogP contribution >= 0.6 is 0 Å². The molecule has 0 heterocycles. The molecule has 1 aromatic rings.